The zero-order valence-corrected chi connectivity index (χ0v) is 17.8. The van der Waals surface area contributed by atoms with E-state index in [0.717, 1.165) is 36.6 Å². The molecule has 0 N–H and O–H groups in total. The van der Waals surface area contributed by atoms with E-state index in [1.165, 1.54) is 11.3 Å². The second kappa shape index (κ2) is 7.66. The molecule has 1 saturated heterocycles. The molecule has 154 valence electrons. The number of nitrogens with zero attached hydrogens (tertiary/aromatic N) is 7. The second-order valence-corrected chi connectivity index (χ2v) is 8.58. The van der Waals surface area contributed by atoms with Gasteiger partial charge in [-0.15, -0.1) is 11.3 Å². The van der Waals surface area contributed by atoms with E-state index in [1.54, 1.807) is 12.5 Å². The van der Waals surface area contributed by atoms with Gasteiger partial charge in [0.15, 0.2) is 16.6 Å². The van der Waals surface area contributed by atoms with Crippen LogP contribution in [0.15, 0.2) is 48.5 Å². The smallest absolute Gasteiger partial charge is 0.274 e. The van der Waals surface area contributed by atoms with Gasteiger partial charge in [-0.1, -0.05) is 6.07 Å². The van der Waals surface area contributed by atoms with Gasteiger partial charge in [0, 0.05) is 43.1 Å². The first kappa shape index (κ1) is 19.0. The number of pyridine rings is 1. The Bertz CT molecular complexity index is 1170. The lowest BCUT2D eigenvalue weighted by molar-refractivity contribution is 0.0660. The molecule has 0 radical (unpaired) electrons. The highest BCUT2D eigenvalue weighted by Crippen LogP contribution is 2.25. The average molecular weight is 422 g/mol. The van der Waals surface area contributed by atoms with Gasteiger partial charge in [0.2, 0.25) is 0 Å². The topological polar surface area (TPSA) is 71.6 Å². The third-order valence-corrected chi connectivity index (χ3v) is 6.47. The highest BCUT2D eigenvalue weighted by Gasteiger charge is 2.28. The molecule has 0 aromatic carbocycles. The van der Waals surface area contributed by atoms with Crippen LogP contribution < -0.4 is 0 Å². The minimum Gasteiger partial charge on any atom is -0.337 e. The number of aromatic nitrogens is 5. The molecule has 9 heteroatoms. The fraction of sp³-hybridized carbons (Fsp3) is 0.333. The largest absolute Gasteiger partial charge is 0.337 e. The zero-order chi connectivity index (χ0) is 20.7. The van der Waals surface area contributed by atoms with Crippen LogP contribution in [-0.2, 0) is 0 Å². The Labute approximate surface area is 178 Å². The van der Waals surface area contributed by atoms with Gasteiger partial charge in [-0.3, -0.25) is 13.8 Å². The van der Waals surface area contributed by atoms with Crippen LogP contribution in [0.25, 0.3) is 22.2 Å². The number of carbonyl (C=O) groups excluding carboxylic acids is 1. The second-order valence-electron chi connectivity index (χ2n) is 7.71. The number of rotatable bonds is 4. The number of thiazole rings is 1. The van der Waals surface area contributed by atoms with Crippen LogP contribution in [0.4, 0.5) is 0 Å². The van der Waals surface area contributed by atoms with Gasteiger partial charge in [0.05, 0.1) is 5.52 Å². The minimum absolute atomic E-state index is 0.0125. The van der Waals surface area contributed by atoms with Crippen LogP contribution in [-0.4, -0.2) is 72.9 Å². The van der Waals surface area contributed by atoms with Crippen LogP contribution in [0.2, 0.25) is 0 Å². The SMILES string of the molecule is CN(C)C1CCN(C(=O)c2nc(-c3cn(-c4nccs4)cn3)n3ccccc23)CC1. The summed E-state index contributed by atoms with van der Waals surface area (Å²) in [6.45, 7) is 1.50. The van der Waals surface area contributed by atoms with Crippen molar-refractivity contribution in [1.82, 2.24) is 33.7 Å². The van der Waals surface area contributed by atoms with Crippen molar-refractivity contribution in [3.05, 3.63) is 54.2 Å². The van der Waals surface area contributed by atoms with E-state index in [4.69, 9.17) is 4.98 Å². The molecule has 1 aliphatic rings. The Morgan fingerprint density at radius 3 is 2.77 bits per heavy atom. The van der Waals surface area contributed by atoms with Crippen molar-refractivity contribution in [3.63, 3.8) is 0 Å². The zero-order valence-electron chi connectivity index (χ0n) is 17.0. The Morgan fingerprint density at radius 1 is 1.20 bits per heavy atom. The summed E-state index contributed by atoms with van der Waals surface area (Å²) in [6.07, 6.45) is 9.28. The molecule has 0 spiro atoms. The van der Waals surface area contributed by atoms with Crippen LogP contribution in [0.1, 0.15) is 23.3 Å². The van der Waals surface area contributed by atoms with Crippen molar-refractivity contribution in [2.75, 3.05) is 27.2 Å². The molecule has 30 heavy (non-hydrogen) atoms. The van der Waals surface area contributed by atoms with Crippen molar-refractivity contribution in [2.24, 2.45) is 0 Å². The van der Waals surface area contributed by atoms with Crippen molar-refractivity contribution in [3.8, 4) is 16.6 Å². The molecule has 0 atom stereocenters. The summed E-state index contributed by atoms with van der Waals surface area (Å²) in [5, 5.41) is 2.77. The Hall–Kier alpha value is -3.04. The van der Waals surface area contributed by atoms with Gasteiger partial charge < -0.3 is 9.80 Å². The maximum Gasteiger partial charge on any atom is 0.274 e. The van der Waals surface area contributed by atoms with E-state index in [2.05, 4.69) is 29.0 Å². The van der Waals surface area contributed by atoms with E-state index in [0.29, 0.717) is 23.3 Å². The molecule has 0 unspecified atom stereocenters. The first-order valence-electron chi connectivity index (χ1n) is 9.99. The number of piperidine rings is 1. The van der Waals surface area contributed by atoms with Crippen molar-refractivity contribution < 1.29 is 4.79 Å². The molecule has 1 aliphatic heterocycles. The van der Waals surface area contributed by atoms with Crippen LogP contribution in [0, 0.1) is 0 Å². The number of amides is 1. The maximum atomic E-state index is 13.3. The van der Waals surface area contributed by atoms with Gasteiger partial charge in [-0.25, -0.2) is 15.0 Å². The van der Waals surface area contributed by atoms with E-state index >= 15 is 0 Å². The Kier molecular flexibility index (Phi) is 4.84. The monoisotopic (exact) mass is 421 g/mol. The molecule has 5 rings (SSSR count). The maximum absolute atomic E-state index is 13.3. The van der Waals surface area contributed by atoms with Crippen molar-refractivity contribution >= 4 is 22.8 Å². The third kappa shape index (κ3) is 3.29. The molecule has 4 aromatic rings. The first-order valence-corrected chi connectivity index (χ1v) is 10.9. The lowest BCUT2D eigenvalue weighted by atomic mass is 10.0. The number of fused-ring (bicyclic) bond motifs is 1. The number of imidazole rings is 2. The normalized spacial score (nSPS) is 15.4. The molecule has 8 nitrogen and oxygen atoms in total. The fourth-order valence-corrected chi connectivity index (χ4v) is 4.58. The van der Waals surface area contributed by atoms with Gasteiger partial charge in [0.1, 0.15) is 12.0 Å². The van der Waals surface area contributed by atoms with Gasteiger partial charge in [-0.2, -0.15) is 0 Å². The highest BCUT2D eigenvalue weighted by molar-refractivity contribution is 7.12. The van der Waals surface area contributed by atoms with E-state index in [-0.39, 0.29) is 5.91 Å². The molecule has 5 heterocycles. The van der Waals surface area contributed by atoms with Crippen LogP contribution >= 0.6 is 11.3 Å². The van der Waals surface area contributed by atoms with Crippen LogP contribution in [0.3, 0.4) is 0 Å². The predicted molar refractivity (Wildman–Crippen MR) is 116 cm³/mol. The number of likely N-dealkylation sites (tertiary alicyclic amines) is 1. The standard InChI is InChI=1S/C21H23N7OS/c1-25(2)15-6-10-26(11-7-15)20(29)18-17-5-3-4-9-28(17)19(24-18)16-13-27(14-23-16)21-22-8-12-30-21/h3-5,8-9,12-15H,6-7,10-11H2,1-2H3. The summed E-state index contributed by atoms with van der Waals surface area (Å²) in [7, 11) is 4.20. The van der Waals surface area contributed by atoms with E-state index in [9.17, 15) is 4.79 Å². The van der Waals surface area contributed by atoms with Crippen molar-refractivity contribution in [2.45, 2.75) is 18.9 Å². The average Bonchev–Trinajstić information content (AvgIpc) is 3.52. The lowest BCUT2D eigenvalue weighted by Gasteiger charge is -2.34. The third-order valence-electron chi connectivity index (χ3n) is 5.68. The van der Waals surface area contributed by atoms with Gasteiger partial charge in [-0.05, 0) is 39.1 Å². The van der Waals surface area contributed by atoms with Crippen molar-refractivity contribution in [1.29, 1.82) is 0 Å². The lowest BCUT2D eigenvalue weighted by Crippen LogP contribution is -2.44. The molecule has 0 saturated carbocycles. The quantitative estimate of drug-likeness (QED) is 0.507. The fourth-order valence-electron chi connectivity index (χ4n) is 4.00. The van der Waals surface area contributed by atoms with E-state index in [1.807, 2.05) is 49.8 Å². The molecule has 1 amide bonds. The summed E-state index contributed by atoms with van der Waals surface area (Å²) >= 11 is 1.54. The number of hydrogen-bond acceptors (Lipinski definition) is 6. The molecular formula is C21H23N7OS. The summed E-state index contributed by atoms with van der Waals surface area (Å²) < 4.78 is 3.81. The number of carbonyl (C=O) groups is 1. The first-order chi connectivity index (χ1) is 14.6. The molecule has 0 aliphatic carbocycles. The summed E-state index contributed by atoms with van der Waals surface area (Å²) in [4.78, 5) is 31.1. The molecule has 4 aromatic heterocycles. The molecule has 1 fully saturated rings. The summed E-state index contributed by atoms with van der Waals surface area (Å²) in [6, 6.07) is 6.34. The van der Waals surface area contributed by atoms with Crippen LogP contribution in [0.5, 0.6) is 0 Å². The predicted octanol–water partition coefficient (Wildman–Crippen LogP) is 2.81. The molecular weight excluding hydrogens is 398 g/mol. The Morgan fingerprint density at radius 2 is 2.03 bits per heavy atom. The number of hydrogen-bond donors (Lipinski definition) is 0. The Balaban J connectivity index is 1.48. The molecule has 0 bridgehead atoms. The highest BCUT2D eigenvalue weighted by atomic mass is 32.1. The van der Waals surface area contributed by atoms with E-state index < -0.39 is 0 Å². The van der Waals surface area contributed by atoms with Gasteiger partial charge >= 0.3 is 0 Å². The minimum atomic E-state index is -0.0125. The summed E-state index contributed by atoms with van der Waals surface area (Å²) in [5.41, 5.74) is 1.99. The van der Waals surface area contributed by atoms with Gasteiger partial charge in [0.25, 0.3) is 5.91 Å². The summed E-state index contributed by atoms with van der Waals surface area (Å²) in [5.74, 6) is 0.647.